The molecule has 21 heavy (non-hydrogen) atoms. The van der Waals surface area contributed by atoms with Gasteiger partial charge in [-0.05, 0) is 30.7 Å². The molecule has 0 fully saturated rings. The second kappa shape index (κ2) is 6.03. The highest BCUT2D eigenvalue weighted by Gasteiger charge is 2.16. The molecule has 1 aromatic carbocycles. The Hall–Kier alpha value is -2.24. The lowest BCUT2D eigenvalue weighted by molar-refractivity contribution is 0.539. The van der Waals surface area contributed by atoms with Crippen LogP contribution in [0.15, 0.2) is 48.8 Å². The summed E-state index contributed by atoms with van der Waals surface area (Å²) in [6.45, 7) is 2.96. The lowest BCUT2D eigenvalue weighted by Crippen LogP contribution is -2.29. The van der Waals surface area contributed by atoms with Gasteiger partial charge in [-0.3, -0.25) is 20.9 Å². The quantitative estimate of drug-likeness (QED) is 0.555. The van der Waals surface area contributed by atoms with Gasteiger partial charge in [0.25, 0.3) is 0 Å². The molecule has 2 aromatic heterocycles. The van der Waals surface area contributed by atoms with Crippen LogP contribution < -0.4 is 11.3 Å². The van der Waals surface area contributed by atoms with Crippen molar-refractivity contribution in [1.29, 1.82) is 0 Å². The predicted octanol–water partition coefficient (Wildman–Crippen LogP) is 2.20. The molecular formula is C16H19N5. The van der Waals surface area contributed by atoms with E-state index in [1.807, 2.05) is 28.9 Å². The van der Waals surface area contributed by atoms with Crippen molar-refractivity contribution in [3.8, 4) is 0 Å². The number of pyridine rings is 1. The fourth-order valence-electron chi connectivity index (χ4n) is 2.65. The van der Waals surface area contributed by atoms with Gasteiger partial charge < -0.3 is 0 Å². The zero-order valence-corrected chi connectivity index (χ0v) is 12.0. The molecule has 1 atom stereocenters. The maximum Gasteiger partial charge on any atom is 0.0722 e. The number of hydrogen-bond donors (Lipinski definition) is 2. The van der Waals surface area contributed by atoms with Crippen LogP contribution in [0.3, 0.4) is 0 Å². The number of nitrogens with one attached hydrogen (secondary N) is 1. The van der Waals surface area contributed by atoms with Gasteiger partial charge in [-0.25, -0.2) is 0 Å². The van der Waals surface area contributed by atoms with Crippen molar-refractivity contribution in [2.45, 2.75) is 25.9 Å². The Morgan fingerprint density at radius 1 is 1.19 bits per heavy atom. The molecule has 0 saturated heterocycles. The Balaban J connectivity index is 1.97. The first-order chi connectivity index (χ1) is 10.3. The molecule has 3 N–H and O–H groups in total. The molecule has 0 aliphatic heterocycles. The molecule has 5 nitrogen and oxygen atoms in total. The Morgan fingerprint density at radius 2 is 1.95 bits per heavy atom. The van der Waals surface area contributed by atoms with E-state index in [0.29, 0.717) is 0 Å². The Kier molecular flexibility index (Phi) is 3.94. The number of nitrogens with two attached hydrogens (primary N) is 1. The third-order valence-corrected chi connectivity index (χ3v) is 3.74. The minimum atomic E-state index is 0.0246. The number of aromatic nitrogens is 3. The highest BCUT2D eigenvalue weighted by atomic mass is 15.3. The predicted molar refractivity (Wildman–Crippen MR) is 83.4 cm³/mol. The molecule has 0 bridgehead atoms. The number of benzene rings is 1. The van der Waals surface area contributed by atoms with E-state index in [1.54, 1.807) is 12.4 Å². The first kappa shape index (κ1) is 13.7. The van der Waals surface area contributed by atoms with Crippen molar-refractivity contribution < 1.29 is 0 Å². The van der Waals surface area contributed by atoms with Gasteiger partial charge in [0, 0.05) is 30.7 Å². The molecule has 3 rings (SSSR count). The van der Waals surface area contributed by atoms with Gasteiger partial charge in [0.2, 0.25) is 0 Å². The van der Waals surface area contributed by atoms with Crippen LogP contribution in [0.2, 0.25) is 0 Å². The number of rotatable bonds is 5. The molecule has 0 spiro atoms. The lowest BCUT2D eigenvalue weighted by atomic mass is 10.0. The van der Waals surface area contributed by atoms with Crippen molar-refractivity contribution in [2.75, 3.05) is 0 Å². The number of aryl methyl sites for hydroxylation is 1. The summed E-state index contributed by atoms with van der Waals surface area (Å²) in [5.41, 5.74) is 6.22. The van der Waals surface area contributed by atoms with E-state index in [4.69, 9.17) is 10.9 Å². The Bertz CT molecular complexity index is 720. The molecule has 0 saturated carbocycles. The van der Waals surface area contributed by atoms with Crippen molar-refractivity contribution >= 4 is 10.9 Å². The van der Waals surface area contributed by atoms with E-state index in [9.17, 15) is 0 Å². The summed E-state index contributed by atoms with van der Waals surface area (Å²) in [6.07, 6.45) is 4.30. The Labute approximate surface area is 123 Å². The summed E-state index contributed by atoms with van der Waals surface area (Å²) < 4.78 is 2.03. The van der Waals surface area contributed by atoms with Crippen LogP contribution in [0.4, 0.5) is 0 Å². The zero-order valence-electron chi connectivity index (χ0n) is 12.0. The Morgan fingerprint density at radius 3 is 2.67 bits per heavy atom. The normalized spacial score (nSPS) is 12.7. The van der Waals surface area contributed by atoms with Crippen LogP contribution in [-0.2, 0) is 13.0 Å². The van der Waals surface area contributed by atoms with E-state index in [1.165, 1.54) is 10.9 Å². The average Bonchev–Trinajstić information content (AvgIpc) is 2.91. The molecule has 108 valence electrons. The van der Waals surface area contributed by atoms with Crippen molar-refractivity contribution in [3.63, 3.8) is 0 Å². The summed E-state index contributed by atoms with van der Waals surface area (Å²) in [5, 5.41) is 5.92. The second-order valence-corrected chi connectivity index (χ2v) is 4.98. The van der Waals surface area contributed by atoms with E-state index in [0.717, 1.165) is 24.2 Å². The van der Waals surface area contributed by atoms with Crippen molar-refractivity contribution in [2.24, 2.45) is 5.84 Å². The molecule has 1 unspecified atom stereocenters. The van der Waals surface area contributed by atoms with Gasteiger partial charge >= 0.3 is 0 Å². The number of nitrogens with zero attached hydrogens (tertiary/aromatic N) is 3. The van der Waals surface area contributed by atoms with E-state index in [2.05, 4.69) is 29.5 Å². The monoisotopic (exact) mass is 281 g/mol. The molecule has 0 radical (unpaired) electrons. The van der Waals surface area contributed by atoms with Gasteiger partial charge in [0.15, 0.2) is 0 Å². The molecule has 0 aliphatic carbocycles. The fourth-order valence-corrected chi connectivity index (χ4v) is 2.65. The van der Waals surface area contributed by atoms with Crippen LogP contribution >= 0.6 is 0 Å². The molecule has 0 amide bonds. The molecule has 3 aromatic rings. The van der Waals surface area contributed by atoms with Crippen molar-refractivity contribution in [1.82, 2.24) is 20.2 Å². The van der Waals surface area contributed by atoms with Gasteiger partial charge in [-0.2, -0.15) is 5.10 Å². The fraction of sp³-hybridized carbons (Fsp3) is 0.250. The molecule has 2 heterocycles. The first-order valence-electron chi connectivity index (χ1n) is 7.14. The molecular weight excluding hydrogens is 262 g/mol. The van der Waals surface area contributed by atoms with Gasteiger partial charge in [0.05, 0.1) is 17.3 Å². The number of hydrogen-bond acceptors (Lipinski definition) is 4. The lowest BCUT2D eigenvalue weighted by Gasteiger charge is -2.14. The standard InChI is InChI=1S/C16H19N5/c1-2-21-16-6-4-3-5-13(16)15(20-21)11-14(19-17)12-7-9-18-10-8-12/h3-10,14,19H,2,11,17H2,1H3. The van der Waals surface area contributed by atoms with Crippen LogP contribution in [0.1, 0.15) is 24.2 Å². The summed E-state index contributed by atoms with van der Waals surface area (Å²) in [5.74, 6) is 5.73. The van der Waals surface area contributed by atoms with Crippen LogP contribution in [0, 0.1) is 0 Å². The third-order valence-electron chi connectivity index (χ3n) is 3.74. The molecule has 5 heteroatoms. The first-order valence-corrected chi connectivity index (χ1v) is 7.14. The number of fused-ring (bicyclic) bond motifs is 1. The summed E-state index contributed by atoms with van der Waals surface area (Å²) in [6, 6.07) is 12.3. The number of para-hydroxylation sites is 1. The summed E-state index contributed by atoms with van der Waals surface area (Å²) in [7, 11) is 0. The van der Waals surface area contributed by atoms with E-state index >= 15 is 0 Å². The van der Waals surface area contributed by atoms with Crippen molar-refractivity contribution in [3.05, 3.63) is 60.0 Å². The minimum Gasteiger partial charge on any atom is -0.271 e. The van der Waals surface area contributed by atoms with Gasteiger partial charge in [-0.1, -0.05) is 18.2 Å². The van der Waals surface area contributed by atoms with Crippen LogP contribution in [0.25, 0.3) is 10.9 Å². The molecule has 0 aliphatic rings. The minimum absolute atomic E-state index is 0.0246. The SMILES string of the molecule is CCn1nc(CC(NN)c2ccncc2)c2ccccc21. The number of hydrazine groups is 1. The summed E-state index contributed by atoms with van der Waals surface area (Å²) in [4.78, 5) is 4.05. The van der Waals surface area contributed by atoms with Crippen LogP contribution in [-0.4, -0.2) is 14.8 Å². The maximum atomic E-state index is 5.73. The average molecular weight is 281 g/mol. The maximum absolute atomic E-state index is 5.73. The van der Waals surface area contributed by atoms with Crippen LogP contribution in [0.5, 0.6) is 0 Å². The van der Waals surface area contributed by atoms with E-state index in [-0.39, 0.29) is 6.04 Å². The smallest absolute Gasteiger partial charge is 0.0722 e. The summed E-state index contributed by atoms with van der Waals surface area (Å²) >= 11 is 0. The topological polar surface area (TPSA) is 68.8 Å². The largest absolute Gasteiger partial charge is 0.271 e. The second-order valence-electron chi connectivity index (χ2n) is 4.98. The highest BCUT2D eigenvalue weighted by molar-refractivity contribution is 5.82. The van der Waals surface area contributed by atoms with E-state index < -0.39 is 0 Å². The van der Waals surface area contributed by atoms with Gasteiger partial charge in [0.1, 0.15) is 0 Å². The highest BCUT2D eigenvalue weighted by Crippen LogP contribution is 2.23. The van der Waals surface area contributed by atoms with Gasteiger partial charge in [-0.15, -0.1) is 0 Å². The third kappa shape index (κ3) is 2.66. The zero-order chi connectivity index (χ0) is 14.7.